The summed E-state index contributed by atoms with van der Waals surface area (Å²) in [5, 5.41) is 3.35. The SMILES string of the molecule is CC[C@@H](NC(=O)CCN1C(=O)[C@H]2CCCC[C@@H]2C1=O)C12CC3CC(CC(C3)C1)C2. The standard InChI is InChI=1S/C24H36N2O3/c1-2-20(24-12-15-9-16(13-24)11-17(10-15)14-24)25-21(27)7-8-26-22(28)18-5-3-4-6-19(18)23(26)29/h15-20H,2-14H2,1H3,(H,25,27)/t15?,16?,17?,18-,19-,20+,24?/m0/s1. The van der Waals surface area contributed by atoms with Gasteiger partial charge in [0.2, 0.25) is 17.7 Å². The van der Waals surface area contributed by atoms with Crippen LogP contribution in [0.3, 0.4) is 0 Å². The van der Waals surface area contributed by atoms with E-state index in [-0.39, 0.29) is 48.6 Å². The molecule has 5 aliphatic carbocycles. The van der Waals surface area contributed by atoms with Crippen molar-refractivity contribution in [1.82, 2.24) is 10.2 Å². The number of rotatable bonds is 6. The van der Waals surface area contributed by atoms with Crippen molar-refractivity contribution in [2.75, 3.05) is 6.54 Å². The Hall–Kier alpha value is -1.39. The monoisotopic (exact) mass is 400 g/mol. The lowest BCUT2D eigenvalue weighted by atomic mass is 9.47. The first-order valence-electron chi connectivity index (χ1n) is 12.1. The summed E-state index contributed by atoms with van der Waals surface area (Å²) >= 11 is 0. The van der Waals surface area contributed by atoms with Crippen LogP contribution in [-0.4, -0.2) is 35.2 Å². The summed E-state index contributed by atoms with van der Waals surface area (Å²) in [7, 11) is 0. The van der Waals surface area contributed by atoms with Crippen LogP contribution in [-0.2, 0) is 14.4 Å². The van der Waals surface area contributed by atoms with E-state index in [9.17, 15) is 14.4 Å². The molecular weight excluding hydrogens is 364 g/mol. The molecule has 0 aromatic carbocycles. The van der Waals surface area contributed by atoms with Crippen LogP contribution in [0.25, 0.3) is 0 Å². The van der Waals surface area contributed by atoms with Crippen LogP contribution >= 0.6 is 0 Å². The van der Waals surface area contributed by atoms with Gasteiger partial charge in [-0.2, -0.15) is 0 Å². The molecule has 5 nitrogen and oxygen atoms in total. The van der Waals surface area contributed by atoms with Gasteiger partial charge in [0.15, 0.2) is 0 Å². The fourth-order valence-corrected chi connectivity index (χ4v) is 8.22. The zero-order valence-electron chi connectivity index (χ0n) is 17.8. The second kappa shape index (κ2) is 7.39. The molecule has 3 amide bonds. The molecule has 1 heterocycles. The molecular formula is C24H36N2O3. The van der Waals surface area contributed by atoms with Crippen molar-refractivity contribution in [3.8, 4) is 0 Å². The second-order valence-corrected chi connectivity index (χ2v) is 10.9. The average Bonchev–Trinajstić information content (AvgIpc) is 2.94. The Kier molecular flexibility index (Phi) is 4.98. The van der Waals surface area contributed by atoms with Crippen molar-refractivity contribution in [3.05, 3.63) is 0 Å². The number of likely N-dealkylation sites (tertiary alicyclic amines) is 1. The van der Waals surface area contributed by atoms with Gasteiger partial charge in [-0.15, -0.1) is 0 Å². The van der Waals surface area contributed by atoms with Crippen molar-refractivity contribution < 1.29 is 14.4 Å². The van der Waals surface area contributed by atoms with E-state index >= 15 is 0 Å². The molecule has 6 aliphatic rings. The Balaban J connectivity index is 1.19. The maximum Gasteiger partial charge on any atom is 0.233 e. The van der Waals surface area contributed by atoms with E-state index in [1.165, 1.54) is 43.4 Å². The van der Waals surface area contributed by atoms with Gasteiger partial charge in [-0.1, -0.05) is 19.8 Å². The predicted octanol–water partition coefficient (Wildman–Crippen LogP) is 3.66. The third-order valence-corrected chi connectivity index (χ3v) is 9.06. The molecule has 6 rings (SSSR count). The molecule has 5 heteroatoms. The molecule has 6 fully saturated rings. The van der Waals surface area contributed by atoms with Crippen LogP contribution < -0.4 is 5.32 Å². The van der Waals surface area contributed by atoms with Gasteiger partial charge < -0.3 is 5.32 Å². The number of hydrogen-bond acceptors (Lipinski definition) is 3. The minimum atomic E-state index is -0.116. The van der Waals surface area contributed by atoms with Crippen molar-refractivity contribution >= 4 is 17.7 Å². The normalized spacial score (nSPS) is 41.6. The van der Waals surface area contributed by atoms with Gasteiger partial charge in [0.1, 0.15) is 0 Å². The van der Waals surface area contributed by atoms with E-state index in [1.54, 1.807) is 0 Å². The number of fused-ring (bicyclic) bond motifs is 1. The number of carbonyl (C=O) groups is 3. The van der Waals surface area contributed by atoms with E-state index in [4.69, 9.17) is 0 Å². The second-order valence-electron chi connectivity index (χ2n) is 10.9. The molecule has 0 spiro atoms. The summed E-state index contributed by atoms with van der Waals surface area (Å²) in [4.78, 5) is 39.5. The Morgan fingerprint density at radius 2 is 1.52 bits per heavy atom. The lowest BCUT2D eigenvalue weighted by molar-refractivity contribution is -0.140. The van der Waals surface area contributed by atoms with E-state index in [1.807, 2.05) is 0 Å². The van der Waals surface area contributed by atoms with Crippen molar-refractivity contribution in [3.63, 3.8) is 0 Å². The smallest absolute Gasteiger partial charge is 0.233 e. The summed E-state index contributed by atoms with van der Waals surface area (Å²) in [6.45, 7) is 2.45. The zero-order valence-corrected chi connectivity index (χ0v) is 17.8. The zero-order chi connectivity index (χ0) is 20.2. The summed E-state index contributed by atoms with van der Waals surface area (Å²) in [5.74, 6) is 2.34. The number of carbonyl (C=O) groups excluding carboxylic acids is 3. The topological polar surface area (TPSA) is 66.5 Å². The van der Waals surface area contributed by atoms with Crippen LogP contribution in [0, 0.1) is 35.0 Å². The Bertz CT molecular complexity index is 643. The average molecular weight is 401 g/mol. The van der Waals surface area contributed by atoms with Crippen LogP contribution in [0.15, 0.2) is 0 Å². The molecule has 0 radical (unpaired) electrons. The molecule has 160 valence electrons. The molecule has 1 N–H and O–H groups in total. The lowest BCUT2D eigenvalue weighted by Crippen LogP contribution is -2.56. The molecule has 1 aliphatic heterocycles. The fraction of sp³-hybridized carbons (Fsp3) is 0.875. The quantitative estimate of drug-likeness (QED) is 0.692. The van der Waals surface area contributed by atoms with Crippen molar-refractivity contribution in [2.24, 2.45) is 35.0 Å². The fourth-order valence-electron chi connectivity index (χ4n) is 8.22. The van der Waals surface area contributed by atoms with Crippen LogP contribution in [0.4, 0.5) is 0 Å². The van der Waals surface area contributed by atoms with Crippen LogP contribution in [0.1, 0.15) is 84.0 Å². The Morgan fingerprint density at radius 1 is 1.00 bits per heavy atom. The highest BCUT2D eigenvalue weighted by molar-refractivity contribution is 6.05. The van der Waals surface area contributed by atoms with Gasteiger partial charge in [-0.25, -0.2) is 0 Å². The Morgan fingerprint density at radius 3 is 2.00 bits per heavy atom. The first-order chi connectivity index (χ1) is 14.0. The molecule has 0 aromatic heterocycles. The maximum atomic E-state index is 12.8. The third-order valence-electron chi connectivity index (χ3n) is 9.06. The highest BCUT2D eigenvalue weighted by Crippen LogP contribution is 2.61. The number of imide groups is 1. The maximum absolute atomic E-state index is 12.8. The highest BCUT2D eigenvalue weighted by Gasteiger charge is 2.54. The van der Waals surface area contributed by atoms with Crippen molar-refractivity contribution in [2.45, 2.75) is 90.0 Å². The number of amides is 3. The largest absolute Gasteiger partial charge is 0.353 e. The van der Waals surface area contributed by atoms with Gasteiger partial charge in [0, 0.05) is 19.0 Å². The minimum absolute atomic E-state index is 0.0167. The number of nitrogens with zero attached hydrogens (tertiary/aromatic N) is 1. The van der Waals surface area contributed by atoms with Gasteiger partial charge in [0.05, 0.1) is 11.8 Å². The summed E-state index contributed by atoms with van der Waals surface area (Å²) < 4.78 is 0. The highest BCUT2D eigenvalue weighted by atomic mass is 16.2. The summed E-state index contributed by atoms with van der Waals surface area (Å²) in [6.07, 6.45) is 13.0. The molecule has 1 saturated heterocycles. The molecule has 3 atom stereocenters. The Labute approximate surface area is 174 Å². The van der Waals surface area contributed by atoms with Crippen LogP contribution in [0.2, 0.25) is 0 Å². The number of hydrogen-bond donors (Lipinski definition) is 1. The number of nitrogens with one attached hydrogen (secondary N) is 1. The lowest BCUT2D eigenvalue weighted by Gasteiger charge is -2.59. The molecule has 0 aromatic rings. The molecule has 4 bridgehead atoms. The molecule has 29 heavy (non-hydrogen) atoms. The van der Waals surface area contributed by atoms with Gasteiger partial charge in [0.25, 0.3) is 0 Å². The first-order valence-corrected chi connectivity index (χ1v) is 12.1. The van der Waals surface area contributed by atoms with E-state index < -0.39 is 0 Å². The summed E-state index contributed by atoms with van der Waals surface area (Å²) in [5.41, 5.74) is 0.299. The van der Waals surface area contributed by atoms with Gasteiger partial charge >= 0.3 is 0 Å². The first kappa shape index (κ1) is 19.6. The van der Waals surface area contributed by atoms with Gasteiger partial charge in [-0.3, -0.25) is 19.3 Å². The van der Waals surface area contributed by atoms with Gasteiger partial charge in [-0.05, 0) is 81.0 Å². The van der Waals surface area contributed by atoms with E-state index in [2.05, 4.69) is 12.2 Å². The van der Waals surface area contributed by atoms with E-state index in [0.29, 0.717) is 5.41 Å². The molecule has 5 saturated carbocycles. The molecule has 0 unspecified atom stereocenters. The summed E-state index contributed by atoms with van der Waals surface area (Å²) in [6, 6.07) is 0.246. The minimum Gasteiger partial charge on any atom is -0.353 e. The van der Waals surface area contributed by atoms with Crippen LogP contribution in [0.5, 0.6) is 0 Å². The third kappa shape index (κ3) is 3.33. The predicted molar refractivity (Wildman–Crippen MR) is 110 cm³/mol. The van der Waals surface area contributed by atoms with Crippen molar-refractivity contribution in [1.29, 1.82) is 0 Å². The van der Waals surface area contributed by atoms with E-state index in [0.717, 1.165) is 49.9 Å².